The fourth-order valence-electron chi connectivity index (χ4n) is 4.85. The van der Waals surface area contributed by atoms with E-state index in [1.807, 2.05) is 31.2 Å². The summed E-state index contributed by atoms with van der Waals surface area (Å²) >= 11 is 1.10. The van der Waals surface area contributed by atoms with Gasteiger partial charge in [0.15, 0.2) is 4.80 Å². The third-order valence-electron chi connectivity index (χ3n) is 6.61. The molecule has 2 aliphatic rings. The first-order valence-electron chi connectivity index (χ1n) is 11.9. The van der Waals surface area contributed by atoms with Gasteiger partial charge in [-0.25, -0.2) is 9.38 Å². The van der Waals surface area contributed by atoms with Gasteiger partial charge in [-0.3, -0.25) is 19.0 Å². The Morgan fingerprint density at radius 1 is 1.03 bits per heavy atom. The van der Waals surface area contributed by atoms with Crippen LogP contribution in [0, 0.1) is 12.7 Å². The zero-order valence-electron chi connectivity index (χ0n) is 20.4. The number of para-hydroxylation sites is 1. The zero-order chi connectivity index (χ0) is 26.6. The van der Waals surface area contributed by atoms with Gasteiger partial charge >= 0.3 is 0 Å². The lowest BCUT2D eigenvalue weighted by atomic mass is 9.95. The summed E-state index contributed by atoms with van der Waals surface area (Å²) in [7, 11) is 0. The van der Waals surface area contributed by atoms with Crippen LogP contribution in [0.5, 0.6) is 0 Å². The molecule has 0 aliphatic carbocycles. The minimum atomic E-state index is -0.869. The summed E-state index contributed by atoms with van der Waals surface area (Å²) < 4.78 is 15.5. The Bertz CT molecular complexity index is 1850. The molecule has 38 heavy (non-hydrogen) atoms. The number of thiazole rings is 1. The second-order valence-corrected chi connectivity index (χ2v) is 10.1. The van der Waals surface area contributed by atoms with Gasteiger partial charge in [-0.2, -0.15) is 0 Å². The van der Waals surface area contributed by atoms with E-state index in [1.165, 1.54) is 16.7 Å². The molecule has 0 fully saturated rings. The normalized spacial score (nSPS) is 17.4. The van der Waals surface area contributed by atoms with Gasteiger partial charge in [-0.05, 0) is 55.8 Å². The molecule has 0 saturated heterocycles. The fraction of sp³-hybridized carbons (Fsp3) is 0.103. The molecule has 7 nitrogen and oxygen atoms in total. The molecule has 3 aromatic carbocycles. The monoisotopic (exact) mass is 524 g/mol. The molecule has 4 aromatic rings. The van der Waals surface area contributed by atoms with Crippen molar-refractivity contribution < 1.29 is 14.0 Å². The van der Waals surface area contributed by atoms with E-state index in [0.29, 0.717) is 33.0 Å². The molecule has 2 aliphatic heterocycles. The first-order chi connectivity index (χ1) is 18.3. The fourth-order valence-corrected chi connectivity index (χ4v) is 5.99. The Labute approximate surface area is 220 Å². The van der Waals surface area contributed by atoms with E-state index < -0.39 is 23.3 Å². The second-order valence-electron chi connectivity index (χ2n) is 9.15. The molecule has 0 radical (unpaired) electrons. The quantitative estimate of drug-likeness (QED) is 0.429. The van der Waals surface area contributed by atoms with Gasteiger partial charge < -0.3 is 10.6 Å². The molecule has 2 N–H and O–H groups in total. The Kier molecular flexibility index (Phi) is 5.65. The molecule has 1 atom stereocenters. The van der Waals surface area contributed by atoms with Crippen LogP contribution in [0.25, 0.3) is 5.57 Å². The number of nitrogens with zero attached hydrogens (tertiary/aromatic N) is 2. The van der Waals surface area contributed by atoms with Crippen molar-refractivity contribution in [1.82, 2.24) is 4.57 Å². The average Bonchev–Trinajstić information content (AvgIpc) is 3.38. The molecular weight excluding hydrogens is 503 g/mol. The molecule has 3 heterocycles. The predicted molar refractivity (Wildman–Crippen MR) is 144 cm³/mol. The molecular formula is C29H21FN4O3S. The summed E-state index contributed by atoms with van der Waals surface area (Å²) in [5, 5.41) is 5.71. The molecule has 2 amide bonds. The number of fused-ring (bicyclic) bond motifs is 2. The predicted octanol–water partition coefficient (Wildman–Crippen LogP) is 3.64. The number of nitrogens with one attached hydrogen (secondary N) is 2. The maximum absolute atomic E-state index is 14.0. The summed E-state index contributed by atoms with van der Waals surface area (Å²) in [5.41, 5.74) is 3.89. The number of aryl methyl sites for hydroxylation is 1. The maximum Gasteiger partial charge on any atom is 0.271 e. The van der Waals surface area contributed by atoms with Gasteiger partial charge in [0, 0.05) is 16.9 Å². The third kappa shape index (κ3) is 3.88. The summed E-state index contributed by atoms with van der Waals surface area (Å²) in [6.45, 7) is 3.62. The molecule has 9 heteroatoms. The van der Waals surface area contributed by atoms with Crippen LogP contribution in [0.3, 0.4) is 0 Å². The first kappa shape index (κ1) is 23.7. The number of halogens is 1. The molecule has 188 valence electrons. The van der Waals surface area contributed by atoms with Crippen LogP contribution in [0.4, 0.5) is 15.8 Å². The van der Waals surface area contributed by atoms with Gasteiger partial charge in [-0.1, -0.05) is 53.3 Å². The number of rotatable bonds is 3. The topological polar surface area (TPSA) is 92.6 Å². The van der Waals surface area contributed by atoms with Crippen molar-refractivity contribution in [2.24, 2.45) is 4.99 Å². The van der Waals surface area contributed by atoms with Crippen LogP contribution < -0.4 is 25.5 Å². The Morgan fingerprint density at radius 3 is 2.50 bits per heavy atom. The van der Waals surface area contributed by atoms with Crippen molar-refractivity contribution in [2.75, 3.05) is 10.6 Å². The number of benzene rings is 3. The summed E-state index contributed by atoms with van der Waals surface area (Å²) in [6, 6.07) is 19.3. The van der Waals surface area contributed by atoms with E-state index in [2.05, 4.69) is 15.6 Å². The van der Waals surface area contributed by atoms with Crippen LogP contribution in [-0.4, -0.2) is 16.4 Å². The van der Waals surface area contributed by atoms with Crippen molar-refractivity contribution in [3.8, 4) is 0 Å². The van der Waals surface area contributed by atoms with E-state index in [-0.39, 0.29) is 21.6 Å². The number of hydrogen-bond acceptors (Lipinski definition) is 5. The van der Waals surface area contributed by atoms with Crippen LogP contribution >= 0.6 is 11.3 Å². The lowest BCUT2D eigenvalue weighted by Gasteiger charge is -2.25. The van der Waals surface area contributed by atoms with E-state index in [9.17, 15) is 18.8 Å². The number of carbonyl (C=O) groups excluding carboxylic acids is 2. The van der Waals surface area contributed by atoms with Crippen LogP contribution in [0.2, 0.25) is 0 Å². The van der Waals surface area contributed by atoms with Gasteiger partial charge in [0.25, 0.3) is 17.4 Å². The average molecular weight is 525 g/mol. The summed E-state index contributed by atoms with van der Waals surface area (Å²) in [6.07, 6.45) is 0. The molecule has 1 aromatic heterocycles. The minimum absolute atomic E-state index is 0.232. The number of amides is 2. The van der Waals surface area contributed by atoms with Crippen molar-refractivity contribution >= 4 is 40.1 Å². The molecule has 0 spiro atoms. The van der Waals surface area contributed by atoms with Crippen molar-refractivity contribution in [3.05, 3.63) is 126 Å². The highest BCUT2D eigenvalue weighted by atomic mass is 32.1. The highest BCUT2D eigenvalue weighted by Gasteiger charge is 2.34. The SMILES string of the molecule is CC1=C(C(=O)Nc2ccccc2)[C@@H](c2ccc(F)cc2)n2c(s/c(=C3\C(=O)Nc4ccc(C)cc43)c2=O)=N1. The Morgan fingerprint density at radius 2 is 1.76 bits per heavy atom. The minimum Gasteiger partial charge on any atom is -0.322 e. The number of anilines is 2. The zero-order valence-corrected chi connectivity index (χ0v) is 21.2. The van der Waals surface area contributed by atoms with E-state index in [0.717, 1.165) is 16.9 Å². The van der Waals surface area contributed by atoms with Gasteiger partial charge in [0.05, 0.1) is 22.9 Å². The lowest BCUT2D eigenvalue weighted by Crippen LogP contribution is -2.41. The van der Waals surface area contributed by atoms with Crippen molar-refractivity contribution in [2.45, 2.75) is 19.9 Å². The number of aromatic nitrogens is 1. The Hall–Kier alpha value is -4.63. The third-order valence-corrected chi connectivity index (χ3v) is 7.66. The smallest absolute Gasteiger partial charge is 0.271 e. The van der Waals surface area contributed by atoms with Crippen LogP contribution in [0.1, 0.15) is 29.7 Å². The van der Waals surface area contributed by atoms with Crippen LogP contribution in [0.15, 0.2) is 93.9 Å². The van der Waals surface area contributed by atoms with E-state index >= 15 is 0 Å². The van der Waals surface area contributed by atoms with E-state index in [1.54, 1.807) is 43.3 Å². The highest BCUT2D eigenvalue weighted by molar-refractivity contribution is 7.07. The van der Waals surface area contributed by atoms with Gasteiger partial charge in [0.2, 0.25) is 0 Å². The van der Waals surface area contributed by atoms with Crippen LogP contribution in [-0.2, 0) is 9.59 Å². The summed E-state index contributed by atoms with van der Waals surface area (Å²) in [5.74, 6) is -1.23. The molecule has 0 bridgehead atoms. The van der Waals surface area contributed by atoms with Crippen molar-refractivity contribution in [1.29, 1.82) is 0 Å². The molecule has 6 rings (SSSR count). The van der Waals surface area contributed by atoms with Gasteiger partial charge in [-0.15, -0.1) is 0 Å². The lowest BCUT2D eigenvalue weighted by molar-refractivity contribution is -0.113. The Balaban J connectivity index is 1.59. The van der Waals surface area contributed by atoms with Crippen molar-refractivity contribution in [3.63, 3.8) is 0 Å². The standard InChI is InChI=1S/C29H21FN4O3S/c1-15-8-13-21-20(14-15)23(27(36)33-21)25-28(37)34-24(17-9-11-18(30)12-10-17)22(16(2)31-29(34)38-25)26(35)32-19-6-4-3-5-7-19/h3-14,24H,1-2H3,(H,32,35)(H,33,36)/b25-23-/t24-/m1/s1. The number of carbonyl (C=O) groups is 2. The largest absolute Gasteiger partial charge is 0.322 e. The molecule has 0 unspecified atom stereocenters. The van der Waals surface area contributed by atoms with Gasteiger partial charge in [0.1, 0.15) is 10.3 Å². The molecule has 0 saturated carbocycles. The van der Waals surface area contributed by atoms with E-state index in [4.69, 9.17) is 0 Å². The summed E-state index contributed by atoms with van der Waals surface area (Å²) in [4.78, 5) is 45.6. The number of hydrogen-bond donors (Lipinski definition) is 2. The maximum atomic E-state index is 14.0. The second kappa shape index (κ2) is 9.04. The first-order valence-corrected chi connectivity index (χ1v) is 12.7. The highest BCUT2D eigenvalue weighted by Crippen LogP contribution is 2.33. The number of allylic oxidation sites excluding steroid dienone is 1.